The topological polar surface area (TPSA) is 66.8 Å². The molecule has 3 rings (SSSR count). The Labute approximate surface area is 147 Å². The van der Waals surface area contributed by atoms with Gasteiger partial charge in [0.05, 0.1) is 0 Å². The van der Waals surface area contributed by atoms with Gasteiger partial charge in [-0.1, -0.05) is 91.0 Å². The van der Waals surface area contributed by atoms with E-state index in [9.17, 15) is 14.6 Å². The van der Waals surface area contributed by atoms with Crippen LogP contribution in [0.1, 0.15) is 22.8 Å². The van der Waals surface area contributed by atoms with Crippen LogP contribution in [0.25, 0.3) is 0 Å². The summed E-state index contributed by atoms with van der Waals surface area (Å²) in [5.74, 6) is 0. The highest BCUT2D eigenvalue weighted by Gasteiger charge is 2.46. The van der Waals surface area contributed by atoms with E-state index in [2.05, 4.69) is 0 Å². The number of aliphatic hydroxyl groups is 1. The molecule has 0 aromatic heterocycles. The smallest absolute Gasteiger partial charge is 0.377 e. The minimum Gasteiger partial charge on any atom is -0.377 e. The first-order valence-corrected chi connectivity index (χ1v) is 8.96. The van der Waals surface area contributed by atoms with Gasteiger partial charge in [0.15, 0.2) is 6.10 Å². The van der Waals surface area contributed by atoms with Gasteiger partial charge >= 0.3 is 8.25 Å². The van der Waals surface area contributed by atoms with E-state index in [0.29, 0.717) is 16.7 Å². The molecule has 0 saturated carbocycles. The molecule has 0 fully saturated rings. The van der Waals surface area contributed by atoms with Crippen molar-refractivity contribution >= 4 is 8.25 Å². The van der Waals surface area contributed by atoms with Crippen molar-refractivity contribution < 1.29 is 19.1 Å². The molecular weight excluding hydrogens is 335 g/mol. The molecule has 4 nitrogen and oxygen atoms in total. The van der Waals surface area contributed by atoms with E-state index in [4.69, 9.17) is 4.52 Å². The summed E-state index contributed by atoms with van der Waals surface area (Å²) in [6, 6.07) is 27.0. The van der Waals surface area contributed by atoms with Crippen molar-refractivity contribution in [1.82, 2.24) is 0 Å². The van der Waals surface area contributed by atoms with Gasteiger partial charge in [-0.2, -0.15) is 0 Å². The van der Waals surface area contributed by atoms with Crippen molar-refractivity contribution in [3.05, 3.63) is 108 Å². The molecule has 0 radical (unpaired) electrons. The van der Waals surface area contributed by atoms with Gasteiger partial charge in [-0.15, -0.1) is 9.42 Å². The number of rotatable bonds is 6. The normalized spacial score (nSPS) is 13.3. The Morgan fingerprint density at radius 3 is 1.56 bits per heavy atom. The van der Waals surface area contributed by atoms with E-state index in [1.165, 1.54) is 0 Å². The van der Waals surface area contributed by atoms with Crippen LogP contribution in [0.5, 0.6) is 0 Å². The van der Waals surface area contributed by atoms with E-state index < -0.39 is 20.0 Å². The van der Waals surface area contributed by atoms with Crippen molar-refractivity contribution in [1.29, 1.82) is 0 Å². The standard InChI is InChI=1S/C20H17O4P/c21-20(17-12-6-2-7-13-17,18-14-8-3-9-15-18)19(24-25(22)23)16-10-4-1-5-11-16/h1-15,19,21H/p+1. The lowest BCUT2D eigenvalue weighted by atomic mass is 9.79. The second-order valence-electron chi connectivity index (χ2n) is 5.63. The van der Waals surface area contributed by atoms with Gasteiger partial charge in [0, 0.05) is 4.57 Å². The molecule has 0 bridgehead atoms. The third-order valence-corrected chi connectivity index (χ3v) is 4.50. The van der Waals surface area contributed by atoms with Crippen molar-refractivity contribution in [3.63, 3.8) is 0 Å². The minimum absolute atomic E-state index is 0.576. The largest absolute Gasteiger partial charge is 0.695 e. The SMILES string of the molecule is O=[P+](O)OC(c1ccccc1)C(O)(c1ccccc1)c1ccccc1. The molecule has 0 aliphatic heterocycles. The van der Waals surface area contributed by atoms with Crippen LogP contribution >= 0.6 is 8.25 Å². The van der Waals surface area contributed by atoms with Crippen LogP contribution in [-0.2, 0) is 14.7 Å². The van der Waals surface area contributed by atoms with E-state index in [1.807, 2.05) is 42.5 Å². The maximum Gasteiger partial charge on any atom is 0.695 e. The Kier molecular flexibility index (Phi) is 5.37. The molecular formula is C20H18O4P+. The molecule has 5 heteroatoms. The van der Waals surface area contributed by atoms with Crippen LogP contribution in [0.2, 0.25) is 0 Å². The monoisotopic (exact) mass is 353 g/mol. The van der Waals surface area contributed by atoms with E-state index >= 15 is 0 Å². The average Bonchev–Trinajstić information content (AvgIpc) is 2.67. The molecule has 2 N–H and O–H groups in total. The highest BCUT2D eigenvalue weighted by molar-refractivity contribution is 7.32. The lowest BCUT2D eigenvalue weighted by molar-refractivity contribution is -0.0383. The second-order valence-corrected chi connectivity index (χ2v) is 6.32. The van der Waals surface area contributed by atoms with Gasteiger partial charge in [-0.25, -0.2) is 0 Å². The molecule has 2 unspecified atom stereocenters. The molecule has 2 atom stereocenters. The first kappa shape index (κ1) is 17.5. The van der Waals surface area contributed by atoms with Crippen molar-refractivity contribution in [2.75, 3.05) is 0 Å². The Bertz CT molecular complexity index is 783. The third-order valence-electron chi connectivity index (χ3n) is 4.11. The molecule has 25 heavy (non-hydrogen) atoms. The molecule has 0 aliphatic carbocycles. The zero-order valence-corrected chi connectivity index (χ0v) is 14.3. The van der Waals surface area contributed by atoms with Gasteiger partial charge < -0.3 is 5.11 Å². The molecule has 0 amide bonds. The molecule has 0 saturated heterocycles. The summed E-state index contributed by atoms with van der Waals surface area (Å²) < 4.78 is 16.8. The van der Waals surface area contributed by atoms with Gasteiger partial charge in [0.25, 0.3) is 0 Å². The summed E-state index contributed by atoms with van der Waals surface area (Å²) in [5, 5.41) is 11.8. The van der Waals surface area contributed by atoms with Crippen LogP contribution in [0.15, 0.2) is 91.0 Å². The predicted octanol–water partition coefficient (Wildman–Crippen LogP) is 4.33. The summed E-state index contributed by atoms with van der Waals surface area (Å²) in [7, 11) is -2.92. The first-order chi connectivity index (χ1) is 12.1. The van der Waals surface area contributed by atoms with Crippen LogP contribution < -0.4 is 0 Å². The molecule has 126 valence electrons. The first-order valence-electron chi connectivity index (χ1n) is 7.83. The lowest BCUT2D eigenvalue weighted by Crippen LogP contribution is -2.35. The van der Waals surface area contributed by atoms with Gasteiger partial charge in [-0.3, -0.25) is 0 Å². The Morgan fingerprint density at radius 2 is 1.16 bits per heavy atom. The fourth-order valence-corrected chi connectivity index (χ4v) is 3.40. The van der Waals surface area contributed by atoms with Crippen molar-refractivity contribution in [3.8, 4) is 0 Å². The predicted molar refractivity (Wildman–Crippen MR) is 96.0 cm³/mol. The number of benzene rings is 3. The van der Waals surface area contributed by atoms with Crippen molar-refractivity contribution in [2.24, 2.45) is 0 Å². The summed E-state index contributed by atoms with van der Waals surface area (Å²) >= 11 is 0. The number of hydrogen-bond acceptors (Lipinski definition) is 3. The summed E-state index contributed by atoms with van der Waals surface area (Å²) in [6.45, 7) is 0. The van der Waals surface area contributed by atoms with Crippen LogP contribution in [0.4, 0.5) is 0 Å². The zero-order chi connectivity index (χ0) is 17.7. The molecule has 0 aliphatic rings. The van der Waals surface area contributed by atoms with E-state index in [-0.39, 0.29) is 0 Å². The van der Waals surface area contributed by atoms with Gasteiger partial charge in [0.2, 0.25) is 0 Å². The van der Waals surface area contributed by atoms with E-state index in [1.54, 1.807) is 48.5 Å². The maximum atomic E-state index is 11.8. The minimum atomic E-state index is -2.92. The highest BCUT2D eigenvalue weighted by atomic mass is 31.1. The molecule has 3 aromatic carbocycles. The van der Waals surface area contributed by atoms with Crippen LogP contribution in [0, 0.1) is 0 Å². The van der Waals surface area contributed by atoms with Crippen molar-refractivity contribution in [2.45, 2.75) is 11.7 Å². The fraction of sp³-hybridized carbons (Fsp3) is 0.100. The van der Waals surface area contributed by atoms with E-state index in [0.717, 1.165) is 0 Å². The van der Waals surface area contributed by atoms with Crippen LogP contribution in [0.3, 0.4) is 0 Å². The summed E-state index contributed by atoms with van der Waals surface area (Å²) in [5.41, 5.74) is 0.131. The quantitative estimate of drug-likeness (QED) is 0.647. The molecule has 0 spiro atoms. The van der Waals surface area contributed by atoms with Gasteiger partial charge in [-0.05, 0) is 16.7 Å². The highest BCUT2D eigenvalue weighted by Crippen LogP contribution is 2.46. The summed E-state index contributed by atoms with van der Waals surface area (Å²) in [4.78, 5) is 9.42. The van der Waals surface area contributed by atoms with Gasteiger partial charge in [0.1, 0.15) is 5.60 Å². The summed E-state index contributed by atoms with van der Waals surface area (Å²) in [6.07, 6.45) is -1.05. The maximum absolute atomic E-state index is 11.8. The molecule has 0 heterocycles. The van der Waals surface area contributed by atoms with Crippen LogP contribution in [-0.4, -0.2) is 10.00 Å². The Morgan fingerprint density at radius 1 is 0.760 bits per heavy atom. The lowest BCUT2D eigenvalue weighted by Gasteiger charge is -2.34. The fourth-order valence-electron chi connectivity index (χ4n) is 2.95. The zero-order valence-electron chi connectivity index (χ0n) is 13.4. The second kappa shape index (κ2) is 7.68. The third kappa shape index (κ3) is 3.68. The average molecular weight is 353 g/mol. The Hall–Kier alpha value is -2.36. The number of hydrogen-bond donors (Lipinski definition) is 2. The molecule has 3 aromatic rings. The Balaban J connectivity index is 2.22.